The molecule has 1 unspecified atom stereocenters. The van der Waals surface area contributed by atoms with Gasteiger partial charge in [-0.2, -0.15) is 0 Å². The smallest absolute Gasteiger partial charge is 0.121 e. The van der Waals surface area contributed by atoms with Gasteiger partial charge in [0.05, 0.1) is 17.6 Å². The maximum Gasteiger partial charge on any atom is 0.121 e. The van der Waals surface area contributed by atoms with E-state index in [2.05, 4.69) is 29.2 Å². The van der Waals surface area contributed by atoms with Crippen LogP contribution in [0, 0.1) is 0 Å². The maximum absolute atomic E-state index is 5.97. The highest BCUT2D eigenvalue weighted by Crippen LogP contribution is 2.23. The first-order chi connectivity index (χ1) is 10.8. The number of H-pyrrole nitrogens is 1. The highest BCUT2D eigenvalue weighted by atomic mass is 16.5. The highest BCUT2D eigenvalue weighted by Gasteiger charge is 2.15. The SMILES string of the molecule is CCOc1ccc2nc(C(CN)Cc3ccccc3)[nH]c2c1. The first-order valence-corrected chi connectivity index (χ1v) is 7.66. The van der Waals surface area contributed by atoms with Gasteiger partial charge >= 0.3 is 0 Å². The van der Waals surface area contributed by atoms with Crippen LogP contribution >= 0.6 is 0 Å². The minimum Gasteiger partial charge on any atom is -0.494 e. The Labute approximate surface area is 130 Å². The summed E-state index contributed by atoms with van der Waals surface area (Å²) in [5.74, 6) is 1.98. The number of nitrogens with two attached hydrogens (primary N) is 1. The van der Waals surface area contributed by atoms with E-state index in [-0.39, 0.29) is 5.92 Å². The van der Waals surface area contributed by atoms with Crippen molar-refractivity contribution in [1.82, 2.24) is 9.97 Å². The van der Waals surface area contributed by atoms with Crippen molar-refractivity contribution >= 4 is 11.0 Å². The van der Waals surface area contributed by atoms with Gasteiger partial charge in [0.2, 0.25) is 0 Å². The molecule has 4 heteroatoms. The number of benzene rings is 2. The number of hydrogen-bond donors (Lipinski definition) is 2. The van der Waals surface area contributed by atoms with E-state index in [1.165, 1.54) is 5.56 Å². The average molecular weight is 295 g/mol. The number of nitrogens with zero attached hydrogens (tertiary/aromatic N) is 1. The van der Waals surface area contributed by atoms with E-state index in [0.717, 1.165) is 29.0 Å². The predicted molar refractivity (Wildman–Crippen MR) is 89.2 cm³/mol. The molecule has 3 rings (SSSR count). The molecule has 114 valence electrons. The van der Waals surface area contributed by atoms with Crippen molar-refractivity contribution in [2.24, 2.45) is 5.73 Å². The summed E-state index contributed by atoms with van der Waals surface area (Å²) in [5, 5.41) is 0. The fraction of sp³-hybridized carbons (Fsp3) is 0.278. The summed E-state index contributed by atoms with van der Waals surface area (Å²) in [5.41, 5.74) is 9.18. The minimum absolute atomic E-state index is 0.186. The summed E-state index contributed by atoms with van der Waals surface area (Å²) in [6.07, 6.45) is 0.884. The third-order valence-corrected chi connectivity index (χ3v) is 3.78. The fourth-order valence-corrected chi connectivity index (χ4v) is 2.65. The summed E-state index contributed by atoms with van der Waals surface area (Å²) in [6, 6.07) is 16.3. The zero-order valence-electron chi connectivity index (χ0n) is 12.8. The van der Waals surface area contributed by atoms with Gasteiger partial charge in [-0.1, -0.05) is 30.3 Å². The highest BCUT2D eigenvalue weighted by molar-refractivity contribution is 5.76. The minimum atomic E-state index is 0.186. The monoisotopic (exact) mass is 295 g/mol. The molecule has 0 spiro atoms. The molecule has 3 aromatic rings. The molecular formula is C18H21N3O. The molecule has 0 bridgehead atoms. The molecule has 1 aromatic heterocycles. The van der Waals surface area contributed by atoms with Gasteiger partial charge in [0.1, 0.15) is 11.6 Å². The Morgan fingerprint density at radius 3 is 2.73 bits per heavy atom. The van der Waals surface area contributed by atoms with Crippen LogP contribution in [0.5, 0.6) is 5.75 Å². The van der Waals surface area contributed by atoms with Crippen molar-refractivity contribution in [3.05, 3.63) is 59.9 Å². The number of ether oxygens (including phenoxy) is 1. The molecule has 0 saturated carbocycles. The van der Waals surface area contributed by atoms with Gasteiger partial charge in [0, 0.05) is 18.5 Å². The summed E-state index contributed by atoms with van der Waals surface area (Å²) in [4.78, 5) is 8.08. The Balaban J connectivity index is 1.87. The molecule has 4 nitrogen and oxygen atoms in total. The van der Waals surface area contributed by atoms with E-state index in [4.69, 9.17) is 15.5 Å². The molecule has 0 aliphatic heterocycles. The number of aromatic amines is 1. The van der Waals surface area contributed by atoms with Crippen LogP contribution in [0.4, 0.5) is 0 Å². The standard InChI is InChI=1S/C18H21N3O/c1-2-22-15-8-9-16-17(11-15)21-18(20-16)14(12-19)10-13-6-4-3-5-7-13/h3-9,11,14H,2,10,12,19H2,1H3,(H,20,21). The van der Waals surface area contributed by atoms with Crippen LogP contribution in [-0.4, -0.2) is 23.1 Å². The zero-order valence-corrected chi connectivity index (χ0v) is 12.8. The lowest BCUT2D eigenvalue weighted by Crippen LogP contribution is -2.16. The van der Waals surface area contributed by atoms with Crippen LogP contribution in [0.3, 0.4) is 0 Å². The fourth-order valence-electron chi connectivity index (χ4n) is 2.65. The molecule has 22 heavy (non-hydrogen) atoms. The van der Waals surface area contributed by atoms with Crippen molar-refractivity contribution < 1.29 is 4.74 Å². The number of aromatic nitrogens is 2. The van der Waals surface area contributed by atoms with E-state index < -0.39 is 0 Å². The molecule has 0 saturated heterocycles. The summed E-state index contributed by atoms with van der Waals surface area (Å²) >= 11 is 0. The van der Waals surface area contributed by atoms with Gasteiger partial charge in [-0.25, -0.2) is 4.98 Å². The molecule has 3 N–H and O–H groups in total. The normalized spacial score (nSPS) is 12.5. The van der Waals surface area contributed by atoms with Gasteiger partial charge in [0.15, 0.2) is 0 Å². The second kappa shape index (κ2) is 6.62. The molecule has 0 aliphatic rings. The Morgan fingerprint density at radius 2 is 2.00 bits per heavy atom. The molecule has 1 heterocycles. The lowest BCUT2D eigenvalue weighted by molar-refractivity contribution is 0.340. The van der Waals surface area contributed by atoms with Crippen LogP contribution in [0.2, 0.25) is 0 Å². The zero-order chi connectivity index (χ0) is 15.4. The second-order valence-electron chi connectivity index (χ2n) is 5.36. The molecule has 0 amide bonds. The maximum atomic E-state index is 5.97. The van der Waals surface area contributed by atoms with Crippen molar-refractivity contribution in [3.63, 3.8) is 0 Å². The van der Waals surface area contributed by atoms with E-state index in [9.17, 15) is 0 Å². The van der Waals surface area contributed by atoms with Crippen molar-refractivity contribution in [1.29, 1.82) is 0 Å². The molecule has 0 fully saturated rings. The third kappa shape index (κ3) is 3.12. The number of hydrogen-bond acceptors (Lipinski definition) is 3. The lowest BCUT2D eigenvalue weighted by Gasteiger charge is -2.11. The number of rotatable bonds is 6. The van der Waals surface area contributed by atoms with Crippen LogP contribution < -0.4 is 10.5 Å². The number of fused-ring (bicyclic) bond motifs is 1. The molecular weight excluding hydrogens is 274 g/mol. The Kier molecular flexibility index (Phi) is 4.39. The van der Waals surface area contributed by atoms with Crippen LogP contribution in [-0.2, 0) is 6.42 Å². The van der Waals surface area contributed by atoms with Crippen molar-refractivity contribution in [3.8, 4) is 5.75 Å². The topological polar surface area (TPSA) is 63.9 Å². The number of nitrogens with one attached hydrogen (secondary N) is 1. The van der Waals surface area contributed by atoms with Gasteiger partial charge in [-0.05, 0) is 31.0 Å². The third-order valence-electron chi connectivity index (χ3n) is 3.78. The van der Waals surface area contributed by atoms with Gasteiger partial charge in [-0.15, -0.1) is 0 Å². The Bertz CT molecular complexity index is 736. The van der Waals surface area contributed by atoms with E-state index in [1.54, 1.807) is 0 Å². The Morgan fingerprint density at radius 1 is 1.18 bits per heavy atom. The molecule has 1 atom stereocenters. The Hall–Kier alpha value is -2.33. The first kappa shape index (κ1) is 14.6. The first-order valence-electron chi connectivity index (χ1n) is 7.66. The van der Waals surface area contributed by atoms with Crippen molar-refractivity contribution in [2.45, 2.75) is 19.3 Å². The lowest BCUT2D eigenvalue weighted by atomic mass is 9.99. The van der Waals surface area contributed by atoms with Crippen molar-refractivity contribution in [2.75, 3.05) is 13.2 Å². The van der Waals surface area contributed by atoms with E-state index in [0.29, 0.717) is 13.2 Å². The van der Waals surface area contributed by atoms with Crippen LogP contribution in [0.15, 0.2) is 48.5 Å². The van der Waals surface area contributed by atoms with Gasteiger partial charge in [-0.3, -0.25) is 0 Å². The van der Waals surface area contributed by atoms with E-state index in [1.807, 2.05) is 31.2 Å². The second-order valence-corrected chi connectivity index (χ2v) is 5.36. The average Bonchev–Trinajstić information content (AvgIpc) is 2.97. The van der Waals surface area contributed by atoms with Gasteiger partial charge in [0.25, 0.3) is 0 Å². The quantitative estimate of drug-likeness (QED) is 0.733. The summed E-state index contributed by atoms with van der Waals surface area (Å²) in [6.45, 7) is 3.20. The predicted octanol–water partition coefficient (Wildman–Crippen LogP) is 3.25. The molecule has 2 aromatic carbocycles. The van der Waals surface area contributed by atoms with Gasteiger partial charge < -0.3 is 15.5 Å². The molecule has 0 radical (unpaired) electrons. The number of imidazole rings is 1. The van der Waals surface area contributed by atoms with E-state index >= 15 is 0 Å². The van der Waals surface area contributed by atoms with Crippen LogP contribution in [0.25, 0.3) is 11.0 Å². The molecule has 0 aliphatic carbocycles. The summed E-state index contributed by atoms with van der Waals surface area (Å²) < 4.78 is 5.53. The van der Waals surface area contributed by atoms with Crippen LogP contribution in [0.1, 0.15) is 24.2 Å². The summed E-state index contributed by atoms with van der Waals surface area (Å²) in [7, 11) is 0. The largest absolute Gasteiger partial charge is 0.494 e.